The number of ether oxygens (including phenoxy) is 1. The molecule has 1 saturated heterocycles. The van der Waals surface area contributed by atoms with Crippen LogP contribution < -0.4 is 21.3 Å². The van der Waals surface area contributed by atoms with Crippen LogP contribution in [0, 0.1) is 35.5 Å². The summed E-state index contributed by atoms with van der Waals surface area (Å²) in [6.07, 6.45) is 1.78. The van der Waals surface area contributed by atoms with Crippen LogP contribution >= 0.6 is 0 Å². The summed E-state index contributed by atoms with van der Waals surface area (Å²) in [6, 6.07) is -16.0. The van der Waals surface area contributed by atoms with Gasteiger partial charge < -0.3 is 70.5 Å². The smallest absolute Gasteiger partial charge is 0.338 e. The number of likely N-dealkylation sites (N-methyl/N-ethyl adjacent to an activating group) is 7. The van der Waals surface area contributed by atoms with Crippen molar-refractivity contribution in [2.75, 3.05) is 56.4 Å². The van der Waals surface area contributed by atoms with Crippen molar-refractivity contribution in [3.05, 3.63) is 12.2 Å². The first-order valence-corrected chi connectivity index (χ1v) is 31.6. The van der Waals surface area contributed by atoms with Gasteiger partial charge in [0, 0.05) is 55.8 Å². The van der Waals surface area contributed by atoms with E-state index in [0.29, 0.717) is 0 Å². The molecule has 1 aliphatic heterocycles. The normalized spacial score (nSPS) is 27.0. The van der Waals surface area contributed by atoms with Crippen molar-refractivity contribution in [1.29, 1.82) is 0 Å². The highest BCUT2D eigenvalue weighted by molar-refractivity contribution is 6.07. The molecule has 0 aromatic rings. The van der Waals surface area contributed by atoms with Gasteiger partial charge in [0.25, 0.3) is 5.91 Å². The van der Waals surface area contributed by atoms with E-state index in [-0.39, 0.29) is 49.9 Å². The Hall–Kier alpha value is -6.70. The molecule has 6 N–H and O–H groups in total. The van der Waals surface area contributed by atoms with Crippen molar-refractivity contribution >= 4 is 70.9 Å². The maximum atomic E-state index is 15.2. The third kappa shape index (κ3) is 22.0. The van der Waals surface area contributed by atoms with Crippen molar-refractivity contribution in [3.8, 4) is 0 Å². The van der Waals surface area contributed by atoms with Crippen molar-refractivity contribution < 1.29 is 72.5 Å². The lowest BCUT2D eigenvalue weighted by molar-refractivity contribution is -0.162. The van der Waals surface area contributed by atoms with Crippen LogP contribution in [0.15, 0.2) is 12.2 Å². The number of hydrogen-bond acceptors (Lipinski definition) is 15. The lowest BCUT2D eigenvalue weighted by Gasteiger charge is -2.41. The van der Waals surface area contributed by atoms with E-state index in [1.165, 1.54) is 84.6 Å². The number of aliphatic hydroxyl groups excluding tert-OH is 1. The fraction of sp³-hybridized carbons (Fsp3) is 0.781. The highest BCUT2D eigenvalue weighted by Gasteiger charge is 2.48. The van der Waals surface area contributed by atoms with Crippen LogP contribution in [0.4, 0.5) is 0 Å². The van der Waals surface area contributed by atoms with Crippen LogP contribution in [0.25, 0.3) is 0 Å². The SMILES string of the molecule is CC=CC[C@@H](C)[C@@H](O)[C@H]1C(=O)N[C@@H](CC)C(=O)N(C)C(C(=O)OC)C(=O)N(C)[C@@H](CC(C)(C)O)C(=O)N[C@@H](C(C)C)C(=O)N(C)[C@@H](CC(C)C)C(=O)N[C@@H](C)C(=O)N[C@H](C)C(=O)N(C)[C@@H](CC(C)C)C(=O)N(C)[C@@H](CC(C)C)C(=O)N(C)[C@@H](C(C)C)C(=O)N1C. The highest BCUT2D eigenvalue weighted by Crippen LogP contribution is 2.26. The van der Waals surface area contributed by atoms with Crippen molar-refractivity contribution in [3.63, 3.8) is 0 Å². The molecule has 0 aromatic carbocycles. The maximum Gasteiger partial charge on any atom is 0.338 e. The maximum absolute atomic E-state index is 15.2. The number of methoxy groups -OCH3 is 1. The van der Waals surface area contributed by atoms with E-state index < -0.39 is 173 Å². The van der Waals surface area contributed by atoms with Gasteiger partial charge in [-0.15, -0.1) is 0 Å². The molecular weight excluding hydrogens is 1160 g/mol. The number of esters is 1. The first-order chi connectivity index (χ1) is 41.4. The summed E-state index contributed by atoms with van der Waals surface area (Å²) in [5, 5.41) is 34.0. The van der Waals surface area contributed by atoms with Gasteiger partial charge in [-0.05, 0) is 102 Å². The quantitative estimate of drug-likeness (QED) is 0.0731. The number of nitrogens with one attached hydrogen (secondary N) is 4. The van der Waals surface area contributed by atoms with E-state index in [4.69, 9.17) is 4.74 Å². The molecule has 11 amide bonds. The summed E-state index contributed by atoms with van der Waals surface area (Å²) in [7, 11) is 10.1. The zero-order valence-electron chi connectivity index (χ0n) is 58.6. The number of aliphatic hydroxyl groups is 2. The van der Waals surface area contributed by atoms with Gasteiger partial charge in [-0.2, -0.15) is 0 Å². The molecule has 0 saturated carbocycles. The predicted octanol–water partition coefficient (Wildman–Crippen LogP) is 1.93. The number of carbonyl (C=O) groups excluding carboxylic acids is 12. The monoisotopic (exact) mass is 1280 g/mol. The van der Waals surface area contributed by atoms with Gasteiger partial charge in [-0.3, -0.25) is 52.7 Å². The molecule has 1 unspecified atom stereocenters. The standard InChI is InChI=1S/C64H113N11O15/c1-26-28-29-39(13)51(76)49-55(80)67-42(27-2)57(82)75(24)50(63(88)90-25)62(87)72(21)46(33-64(16,17)89)54(79)68-47(37(9)10)60(85)69(18)43(30-34(3)4)53(78)65-40(14)52(77)66-41(15)56(81)70(19)44(31-35(5)6)58(83)71(20)45(32-36(7)8)59(84)73(22)48(38(11)12)61(86)74(49)23/h26,28,34-51,76,89H,27,29-33H2,1-25H3,(H,65,78)(H,66,77)(H,67,80)(H,68,79)/t39-,40+,41-,42+,43+,44+,45+,46+,47+,48+,49+,50?,51-/m1/s1. The summed E-state index contributed by atoms with van der Waals surface area (Å²) in [4.78, 5) is 183. The zero-order valence-corrected chi connectivity index (χ0v) is 58.6. The second-order valence-electron chi connectivity index (χ2n) is 27.1. The molecule has 514 valence electrons. The van der Waals surface area contributed by atoms with E-state index in [1.54, 1.807) is 53.7 Å². The third-order valence-electron chi connectivity index (χ3n) is 16.7. The van der Waals surface area contributed by atoms with Crippen LogP contribution in [0.5, 0.6) is 0 Å². The second kappa shape index (κ2) is 35.8. The Morgan fingerprint density at radius 2 is 0.956 bits per heavy atom. The number of allylic oxidation sites excluding steroid dienone is 2. The highest BCUT2D eigenvalue weighted by atomic mass is 16.5. The molecule has 1 rings (SSSR count). The molecule has 0 radical (unpaired) electrons. The molecule has 90 heavy (non-hydrogen) atoms. The molecule has 0 aromatic heterocycles. The first kappa shape index (κ1) is 81.3. The Morgan fingerprint density at radius 1 is 0.522 bits per heavy atom. The molecular formula is C64H113N11O15. The minimum Gasteiger partial charge on any atom is -0.467 e. The number of amides is 11. The lowest BCUT2D eigenvalue weighted by Crippen LogP contribution is -2.64. The van der Waals surface area contributed by atoms with Gasteiger partial charge in [0.1, 0.15) is 60.4 Å². The van der Waals surface area contributed by atoms with Crippen molar-refractivity contribution in [1.82, 2.24) is 55.6 Å². The number of rotatable bonds is 16. The Bertz CT molecular complexity index is 2530. The summed E-state index contributed by atoms with van der Waals surface area (Å²) >= 11 is 0. The summed E-state index contributed by atoms with van der Waals surface area (Å²) in [5.41, 5.74) is -1.69. The van der Waals surface area contributed by atoms with Gasteiger partial charge >= 0.3 is 5.97 Å². The average molecular weight is 1280 g/mol. The molecule has 26 heteroatoms. The van der Waals surface area contributed by atoms with E-state index >= 15 is 9.59 Å². The van der Waals surface area contributed by atoms with Gasteiger partial charge in [0.15, 0.2) is 0 Å². The summed E-state index contributed by atoms with van der Waals surface area (Å²) in [5.74, 6) is -13.1. The molecule has 0 spiro atoms. The lowest BCUT2D eigenvalue weighted by atomic mass is 9.91. The summed E-state index contributed by atoms with van der Waals surface area (Å²) < 4.78 is 5.06. The second-order valence-corrected chi connectivity index (χ2v) is 27.1. The molecule has 26 nitrogen and oxygen atoms in total. The molecule has 1 aliphatic rings. The third-order valence-corrected chi connectivity index (χ3v) is 16.7. The molecule has 0 bridgehead atoms. The topological polar surface area (TPSA) is 325 Å². The fourth-order valence-electron chi connectivity index (χ4n) is 11.1. The molecule has 13 atom stereocenters. The van der Waals surface area contributed by atoms with Gasteiger partial charge in [0.05, 0.1) is 18.8 Å². The van der Waals surface area contributed by atoms with E-state index in [9.17, 15) is 58.2 Å². The molecule has 0 aliphatic carbocycles. The van der Waals surface area contributed by atoms with Crippen LogP contribution in [0.1, 0.15) is 156 Å². The average Bonchev–Trinajstić information content (AvgIpc) is 0.938. The Morgan fingerprint density at radius 3 is 1.40 bits per heavy atom. The number of hydrogen-bond donors (Lipinski definition) is 6. The van der Waals surface area contributed by atoms with Crippen LogP contribution in [-0.4, -0.2) is 250 Å². The van der Waals surface area contributed by atoms with E-state index in [2.05, 4.69) is 21.3 Å². The molecule has 1 heterocycles. The van der Waals surface area contributed by atoms with Crippen LogP contribution in [0.2, 0.25) is 0 Å². The van der Waals surface area contributed by atoms with Gasteiger partial charge in [-0.25, -0.2) is 4.79 Å². The zero-order chi connectivity index (χ0) is 70.1. The minimum absolute atomic E-state index is 0.0782. The molecule has 1 fully saturated rings. The Labute approximate surface area is 535 Å². The predicted molar refractivity (Wildman–Crippen MR) is 341 cm³/mol. The Kier molecular flexibility index (Phi) is 32.3. The Balaban J connectivity index is 4.53. The minimum atomic E-state index is -2.13. The van der Waals surface area contributed by atoms with Gasteiger partial charge in [0.2, 0.25) is 65.1 Å². The fourth-order valence-corrected chi connectivity index (χ4v) is 11.1. The van der Waals surface area contributed by atoms with Crippen LogP contribution in [-0.2, 0) is 62.3 Å². The van der Waals surface area contributed by atoms with Crippen molar-refractivity contribution in [2.24, 2.45) is 35.5 Å². The van der Waals surface area contributed by atoms with Gasteiger partial charge in [-0.1, -0.05) is 95.2 Å². The number of carbonyl (C=O) groups is 12. The summed E-state index contributed by atoms with van der Waals surface area (Å²) in [6.45, 7) is 28.1. The largest absolute Gasteiger partial charge is 0.467 e. The van der Waals surface area contributed by atoms with Crippen LogP contribution in [0.3, 0.4) is 0 Å². The van der Waals surface area contributed by atoms with Crippen molar-refractivity contribution in [2.45, 2.75) is 234 Å². The van der Waals surface area contributed by atoms with E-state index in [0.717, 1.165) is 40.8 Å². The first-order valence-electron chi connectivity index (χ1n) is 31.6. The van der Waals surface area contributed by atoms with E-state index in [1.807, 2.05) is 41.5 Å². The number of nitrogens with zero attached hydrogens (tertiary/aromatic N) is 7.